The normalized spacial score (nSPS) is 28.4. The van der Waals surface area contributed by atoms with Gasteiger partial charge in [-0.15, -0.1) is 0 Å². The van der Waals surface area contributed by atoms with Crippen molar-refractivity contribution in [2.24, 2.45) is 0 Å². The summed E-state index contributed by atoms with van der Waals surface area (Å²) in [5.74, 6) is 0.144. The highest BCUT2D eigenvalue weighted by Gasteiger charge is 2.31. The molecule has 0 radical (unpaired) electrons. The molecule has 0 aromatic rings. The number of hydrogen-bond acceptors (Lipinski definition) is 4. The van der Waals surface area contributed by atoms with E-state index in [0.717, 1.165) is 32.1 Å². The fourth-order valence-corrected chi connectivity index (χ4v) is 4.34. The van der Waals surface area contributed by atoms with Crippen molar-refractivity contribution in [2.45, 2.75) is 44.3 Å². The minimum atomic E-state index is -3.16. The van der Waals surface area contributed by atoms with Crippen LogP contribution in [-0.2, 0) is 19.5 Å². The van der Waals surface area contributed by atoms with E-state index < -0.39 is 10.0 Å². The summed E-state index contributed by atoms with van der Waals surface area (Å²) in [6.45, 7) is 1.85. The summed E-state index contributed by atoms with van der Waals surface area (Å²) in [6, 6.07) is 0. The first-order chi connectivity index (χ1) is 8.62. The molecule has 2 rings (SSSR count). The molecule has 2 saturated heterocycles. The molecule has 1 unspecified atom stereocenters. The van der Waals surface area contributed by atoms with E-state index in [1.165, 1.54) is 0 Å². The van der Waals surface area contributed by atoms with Crippen molar-refractivity contribution in [1.29, 1.82) is 0 Å². The van der Waals surface area contributed by atoms with Gasteiger partial charge in [0.15, 0.2) is 0 Å². The maximum absolute atomic E-state index is 12.3. The van der Waals surface area contributed by atoms with E-state index in [9.17, 15) is 8.42 Å². The summed E-state index contributed by atoms with van der Waals surface area (Å²) in [7, 11) is -1.48. The van der Waals surface area contributed by atoms with Gasteiger partial charge in [0.25, 0.3) is 0 Å². The lowest BCUT2D eigenvalue weighted by molar-refractivity contribution is 0.0289. The second kappa shape index (κ2) is 6.32. The molecule has 5 nitrogen and oxygen atoms in total. The van der Waals surface area contributed by atoms with E-state index in [-0.39, 0.29) is 18.0 Å². The fraction of sp³-hybridized carbons (Fsp3) is 1.00. The number of nitrogens with zero attached hydrogens (tertiary/aromatic N) is 1. The van der Waals surface area contributed by atoms with E-state index in [1.807, 2.05) is 0 Å². The number of sulfonamides is 1. The Morgan fingerprint density at radius 2 is 1.94 bits per heavy atom. The molecule has 1 atom stereocenters. The van der Waals surface area contributed by atoms with Crippen LogP contribution in [0.1, 0.15) is 32.1 Å². The van der Waals surface area contributed by atoms with Crippen LogP contribution >= 0.6 is 0 Å². The Labute approximate surface area is 109 Å². The molecular formula is C12H23NO4S. The lowest BCUT2D eigenvalue weighted by atomic mass is 10.1. The monoisotopic (exact) mass is 277 g/mol. The van der Waals surface area contributed by atoms with Crippen LogP contribution in [0.15, 0.2) is 0 Å². The molecule has 2 aliphatic heterocycles. The maximum atomic E-state index is 12.3. The first kappa shape index (κ1) is 14.2. The predicted octanol–water partition coefficient (Wildman–Crippen LogP) is 0.996. The minimum Gasteiger partial charge on any atom is -0.381 e. The maximum Gasteiger partial charge on any atom is 0.216 e. The van der Waals surface area contributed by atoms with Gasteiger partial charge < -0.3 is 9.47 Å². The molecule has 2 aliphatic rings. The molecule has 0 N–H and O–H groups in total. The number of hydrogen-bond donors (Lipinski definition) is 0. The van der Waals surface area contributed by atoms with Gasteiger partial charge in [0, 0.05) is 26.8 Å². The molecule has 2 heterocycles. The van der Waals surface area contributed by atoms with Crippen molar-refractivity contribution >= 4 is 10.0 Å². The van der Waals surface area contributed by atoms with Gasteiger partial charge in [-0.2, -0.15) is 0 Å². The van der Waals surface area contributed by atoms with Gasteiger partial charge in [-0.25, -0.2) is 12.7 Å². The molecule has 0 amide bonds. The van der Waals surface area contributed by atoms with Crippen LogP contribution in [-0.4, -0.2) is 57.5 Å². The summed E-state index contributed by atoms with van der Waals surface area (Å²) >= 11 is 0. The van der Waals surface area contributed by atoms with Crippen molar-refractivity contribution in [3.05, 3.63) is 0 Å². The fourth-order valence-electron chi connectivity index (χ4n) is 2.63. The Hall–Kier alpha value is -0.170. The zero-order valence-electron chi connectivity index (χ0n) is 11.0. The van der Waals surface area contributed by atoms with Crippen molar-refractivity contribution in [1.82, 2.24) is 4.31 Å². The third-order valence-corrected chi connectivity index (χ3v) is 5.74. The molecule has 0 aromatic carbocycles. The van der Waals surface area contributed by atoms with Crippen molar-refractivity contribution in [3.8, 4) is 0 Å². The second-order valence-corrected chi connectivity index (χ2v) is 7.11. The molecular weight excluding hydrogens is 254 g/mol. The summed E-state index contributed by atoms with van der Waals surface area (Å²) in [6.07, 6.45) is 4.68. The first-order valence-electron chi connectivity index (χ1n) is 6.74. The van der Waals surface area contributed by atoms with E-state index in [2.05, 4.69) is 0 Å². The molecule has 2 fully saturated rings. The van der Waals surface area contributed by atoms with Gasteiger partial charge >= 0.3 is 0 Å². The van der Waals surface area contributed by atoms with Crippen LogP contribution in [0.5, 0.6) is 0 Å². The smallest absolute Gasteiger partial charge is 0.216 e. The van der Waals surface area contributed by atoms with Gasteiger partial charge in [-0.3, -0.25) is 0 Å². The van der Waals surface area contributed by atoms with Gasteiger partial charge in [0.2, 0.25) is 10.0 Å². The van der Waals surface area contributed by atoms with E-state index in [0.29, 0.717) is 19.7 Å². The minimum absolute atomic E-state index is 0.108. The lowest BCUT2D eigenvalue weighted by Crippen LogP contribution is -2.44. The molecule has 0 aromatic heterocycles. The Bertz CT molecular complexity index is 343. The van der Waals surface area contributed by atoms with E-state index in [1.54, 1.807) is 11.4 Å². The topological polar surface area (TPSA) is 55.8 Å². The molecule has 0 spiro atoms. The average molecular weight is 277 g/mol. The van der Waals surface area contributed by atoms with Crippen LogP contribution in [0.25, 0.3) is 0 Å². The third-order valence-electron chi connectivity index (χ3n) is 3.80. The van der Waals surface area contributed by atoms with Gasteiger partial charge in [-0.1, -0.05) is 0 Å². The Morgan fingerprint density at radius 1 is 1.22 bits per heavy atom. The standard InChI is InChI=1S/C12H23NO4S/c1-16-11-5-7-13(8-6-11)18(14,15)10-12-4-2-3-9-17-12/h11-12H,2-10H2,1H3. The molecule has 106 valence electrons. The zero-order chi connectivity index (χ0) is 13.0. The first-order valence-corrected chi connectivity index (χ1v) is 8.35. The zero-order valence-corrected chi connectivity index (χ0v) is 11.8. The summed E-state index contributed by atoms with van der Waals surface area (Å²) in [5.41, 5.74) is 0. The summed E-state index contributed by atoms with van der Waals surface area (Å²) < 4.78 is 36.9. The highest BCUT2D eigenvalue weighted by molar-refractivity contribution is 7.89. The third kappa shape index (κ3) is 3.66. The predicted molar refractivity (Wildman–Crippen MR) is 69.0 cm³/mol. The van der Waals surface area contributed by atoms with Crippen molar-refractivity contribution in [2.75, 3.05) is 32.6 Å². The largest absolute Gasteiger partial charge is 0.381 e. The van der Waals surface area contributed by atoms with E-state index >= 15 is 0 Å². The highest BCUT2D eigenvalue weighted by Crippen LogP contribution is 2.20. The summed E-state index contributed by atoms with van der Waals surface area (Å²) in [4.78, 5) is 0. The van der Waals surface area contributed by atoms with Gasteiger partial charge in [-0.05, 0) is 32.1 Å². The number of methoxy groups -OCH3 is 1. The highest BCUT2D eigenvalue weighted by atomic mass is 32.2. The van der Waals surface area contributed by atoms with Crippen LogP contribution in [0.4, 0.5) is 0 Å². The van der Waals surface area contributed by atoms with Crippen LogP contribution in [0.2, 0.25) is 0 Å². The Balaban J connectivity index is 1.86. The molecule has 18 heavy (non-hydrogen) atoms. The van der Waals surface area contributed by atoms with Crippen molar-refractivity contribution < 1.29 is 17.9 Å². The Kier molecular flexibility index (Phi) is 5.00. The van der Waals surface area contributed by atoms with Gasteiger partial charge in [0.05, 0.1) is 18.0 Å². The molecule has 6 heteroatoms. The molecule has 0 bridgehead atoms. The summed E-state index contributed by atoms with van der Waals surface area (Å²) in [5, 5.41) is 0. The second-order valence-electron chi connectivity index (χ2n) is 5.10. The van der Waals surface area contributed by atoms with E-state index in [4.69, 9.17) is 9.47 Å². The van der Waals surface area contributed by atoms with Crippen LogP contribution in [0, 0.1) is 0 Å². The van der Waals surface area contributed by atoms with Crippen molar-refractivity contribution in [3.63, 3.8) is 0 Å². The number of piperidine rings is 1. The van der Waals surface area contributed by atoms with Crippen LogP contribution in [0.3, 0.4) is 0 Å². The quantitative estimate of drug-likeness (QED) is 0.769. The molecule has 0 aliphatic carbocycles. The van der Waals surface area contributed by atoms with Gasteiger partial charge in [0.1, 0.15) is 0 Å². The SMILES string of the molecule is COC1CCN(S(=O)(=O)CC2CCCCO2)CC1. The lowest BCUT2D eigenvalue weighted by Gasteiger charge is -2.32. The average Bonchev–Trinajstić information content (AvgIpc) is 2.39. The molecule has 0 saturated carbocycles. The Morgan fingerprint density at radius 3 is 2.50 bits per heavy atom. The number of rotatable bonds is 4. The number of ether oxygens (including phenoxy) is 2. The van der Waals surface area contributed by atoms with Crippen LogP contribution < -0.4 is 0 Å².